The lowest BCUT2D eigenvalue weighted by atomic mass is 10.0. The van der Waals surface area contributed by atoms with Gasteiger partial charge in [-0.15, -0.1) is 0 Å². The highest BCUT2D eigenvalue weighted by Gasteiger charge is 2.12. The van der Waals surface area contributed by atoms with Crippen LogP contribution in [-0.4, -0.2) is 31.6 Å². The van der Waals surface area contributed by atoms with Crippen molar-refractivity contribution in [1.29, 1.82) is 0 Å². The van der Waals surface area contributed by atoms with Crippen LogP contribution in [0.5, 0.6) is 0 Å². The monoisotopic (exact) mass is 302 g/mol. The van der Waals surface area contributed by atoms with E-state index in [2.05, 4.69) is 38.2 Å². The minimum atomic E-state index is 0.474. The molecule has 1 aromatic carbocycles. The molecule has 0 spiro atoms. The third-order valence-corrected chi connectivity index (χ3v) is 3.52. The van der Waals surface area contributed by atoms with Gasteiger partial charge >= 0.3 is 0 Å². The molecule has 1 unspecified atom stereocenters. The predicted octanol–water partition coefficient (Wildman–Crippen LogP) is 4.06. The van der Waals surface area contributed by atoms with Crippen molar-refractivity contribution in [1.82, 2.24) is 10.2 Å². The fraction of sp³-hybridized carbons (Fsp3) is 0.600. The molecule has 1 aromatic rings. The van der Waals surface area contributed by atoms with Crippen LogP contribution in [0.3, 0.4) is 0 Å². The van der Waals surface area contributed by atoms with E-state index in [1.54, 1.807) is 6.07 Å². The zero-order valence-corrected chi connectivity index (χ0v) is 13.7. The highest BCUT2D eigenvalue weighted by atomic mass is 35.5. The Bertz CT molecular complexity index is 382. The fourth-order valence-corrected chi connectivity index (χ4v) is 2.63. The molecule has 1 atom stereocenters. The summed E-state index contributed by atoms with van der Waals surface area (Å²) in [5.74, 6) is 0.679. The summed E-state index contributed by atoms with van der Waals surface area (Å²) in [6, 6.07) is 6.14. The van der Waals surface area contributed by atoms with E-state index in [-0.39, 0.29) is 0 Å². The van der Waals surface area contributed by atoms with E-state index in [1.807, 2.05) is 12.1 Å². The maximum Gasteiger partial charge on any atom is 0.0465 e. The van der Waals surface area contributed by atoms with Gasteiger partial charge in [0.1, 0.15) is 0 Å². The van der Waals surface area contributed by atoms with Crippen LogP contribution in [0.4, 0.5) is 0 Å². The lowest BCUT2D eigenvalue weighted by molar-refractivity contribution is 0.305. The summed E-state index contributed by atoms with van der Waals surface area (Å²) in [6.45, 7) is 6.31. The zero-order valence-electron chi connectivity index (χ0n) is 12.2. The van der Waals surface area contributed by atoms with E-state index in [0.717, 1.165) is 30.1 Å². The maximum atomic E-state index is 6.19. The summed E-state index contributed by atoms with van der Waals surface area (Å²) >= 11 is 12.1. The van der Waals surface area contributed by atoms with Crippen molar-refractivity contribution in [2.24, 2.45) is 5.92 Å². The third-order valence-electron chi connectivity index (χ3n) is 2.94. The number of hydrogen-bond donors (Lipinski definition) is 1. The summed E-state index contributed by atoms with van der Waals surface area (Å²) in [4.78, 5) is 2.21. The molecule has 0 aromatic heterocycles. The highest BCUT2D eigenvalue weighted by molar-refractivity contribution is 6.35. The van der Waals surface area contributed by atoms with Gasteiger partial charge in [-0.05, 0) is 44.1 Å². The summed E-state index contributed by atoms with van der Waals surface area (Å²) in [5.41, 5.74) is 1.10. The van der Waals surface area contributed by atoms with Gasteiger partial charge in [0, 0.05) is 29.2 Å². The number of nitrogens with one attached hydrogen (secondary N) is 1. The summed E-state index contributed by atoms with van der Waals surface area (Å²) in [5, 5.41) is 5.00. The second kappa shape index (κ2) is 8.11. The van der Waals surface area contributed by atoms with Crippen molar-refractivity contribution in [3.63, 3.8) is 0 Å². The molecular formula is C15H24Cl2N2. The SMILES string of the molecule is CC(C)CC(CN(C)C)NCc1ccc(Cl)cc1Cl. The molecule has 0 fully saturated rings. The molecule has 0 aliphatic heterocycles. The number of likely N-dealkylation sites (N-methyl/N-ethyl adjacent to an activating group) is 1. The Morgan fingerprint density at radius 2 is 1.89 bits per heavy atom. The largest absolute Gasteiger partial charge is 0.309 e. The van der Waals surface area contributed by atoms with Crippen molar-refractivity contribution in [2.75, 3.05) is 20.6 Å². The Morgan fingerprint density at radius 3 is 2.42 bits per heavy atom. The molecule has 0 radical (unpaired) electrons. The number of benzene rings is 1. The minimum Gasteiger partial charge on any atom is -0.309 e. The topological polar surface area (TPSA) is 15.3 Å². The van der Waals surface area contributed by atoms with Gasteiger partial charge in [-0.1, -0.05) is 43.1 Å². The molecule has 0 amide bonds. The van der Waals surface area contributed by atoms with Gasteiger partial charge in [0.05, 0.1) is 0 Å². The molecule has 4 heteroatoms. The number of hydrogen-bond acceptors (Lipinski definition) is 2. The standard InChI is InChI=1S/C15H24Cl2N2/c1-11(2)7-14(10-19(3)4)18-9-12-5-6-13(16)8-15(12)17/h5-6,8,11,14,18H,7,9-10H2,1-4H3. The van der Waals surface area contributed by atoms with E-state index < -0.39 is 0 Å². The molecule has 0 saturated heterocycles. The van der Waals surface area contributed by atoms with Gasteiger partial charge in [-0.25, -0.2) is 0 Å². The van der Waals surface area contributed by atoms with Crippen molar-refractivity contribution < 1.29 is 0 Å². The van der Waals surface area contributed by atoms with Crippen LogP contribution in [0.25, 0.3) is 0 Å². The second-order valence-electron chi connectivity index (χ2n) is 5.71. The molecule has 0 aliphatic carbocycles. The minimum absolute atomic E-state index is 0.474. The maximum absolute atomic E-state index is 6.19. The van der Waals surface area contributed by atoms with E-state index >= 15 is 0 Å². The summed E-state index contributed by atoms with van der Waals surface area (Å²) < 4.78 is 0. The van der Waals surface area contributed by atoms with Gasteiger partial charge in [0.15, 0.2) is 0 Å². The molecule has 0 aliphatic rings. The van der Waals surface area contributed by atoms with Gasteiger partial charge < -0.3 is 10.2 Å². The molecule has 2 nitrogen and oxygen atoms in total. The lowest BCUT2D eigenvalue weighted by Crippen LogP contribution is -2.38. The predicted molar refractivity (Wildman–Crippen MR) is 85.1 cm³/mol. The zero-order chi connectivity index (χ0) is 14.4. The first-order valence-electron chi connectivity index (χ1n) is 6.70. The van der Waals surface area contributed by atoms with Crippen molar-refractivity contribution in [3.05, 3.63) is 33.8 Å². The highest BCUT2D eigenvalue weighted by Crippen LogP contribution is 2.21. The summed E-state index contributed by atoms with van der Waals surface area (Å²) in [6.07, 6.45) is 1.16. The molecule has 0 heterocycles. The van der Waals surface area contributed by atoms with Crippen molar-refractivity contribution in [2.45, 2.75) is 32.9 Å². The van der Waals surface area contributed by atoms with E-state index in [9.17, 15) is 0 Å². The molecule has 19 heavy (non-hydrogen) atoms. The van der Waals surface area contributed by atoms with Crippen molar-refractivity contribution in [3.8, 4) is 0 Å². The molecule has 108 valence electrons. The van der Waals surface area contributed by atoms with Crippen LogP contribution in [0.15, 0.2) is 18.2 Å². The molecule has 0 bridgehead atoms. The molecule has 1 rings (SSSR count). The first-order chi connectivity index (χ1) is 8.88. The smallest absolute Gasteiger partial charge is 0.0465 e. The van der Waals surface area contributed by atoms with Crippen LogP contribution in [-0.2, 0) is 6.54 Å². The Kier molecular flexibility index (Phi) is 7.16. The average molecular weight is 303 g/mol. The first kappa shape index (κ1) is 16.8. The normalized spacial score (nSPS) is 13.3. The third kappa shape index (κ3) is 6.62. The second-order valence-corrected chi connectivity index (χ2v) is 6.55. The molecule has 1 N–H and O–H groups in total. The van der Waals surface area contributed by atoms with Crippen LogP contribution < -0.4 is 5.32 Å². The van der Waals surface area contributed by atoms with Gasteiger partial charge in [0.25, 0.3) is 0 Å². The Labute approximate surface area is 127 Å². The van der Waals surface area contributed by atoms with Crippen LogP contribution in [0.2, 0.25) is 10.0 Å². The van der Waals surface area contributed by atoms with E-state index in [4.69, 9.17) is 23.2 Å². The first-order valence-corrected chi connectivity index (χ1v) is 7.46. The number of rotatable bonds is 7. The van der Waals surface area contributed by atoms with Crippen LogP contribution in [0.1, 0.15) is 25.8 Å². The Balaban J connectivity index is 2.59. The fourth-order valence-electron chi connectivity index (χ4n) is 2.15. The van der Waals surface area contributed by atoms with Crippen molar-refractivity contribution >= 4 is 23.2 Å². The van der Waals surface area contributed by atoms with Gasteiger partial charge in [-0.2, -0.15) is 0 Å². The number of halogens is 2. The van der Waals surface area contributed by atoms with E-state index in [1.165, 1.54) is 0 Å². The number of nitrogens with zero attached hydrogens (tertiary/aromatic N) is 1. The summed E-state index contributed by atoms with van der Waals surface area (Å²) in [7, 11) is 4.20. The quantitative estimate of drug-likeness (QED) is 0.817. The van der Waals surface area contributed by atoms with Gasteiger partial charge in [-0.3, -0.25) is 0 Å². The van der Waals surface area contributed by atoms with Gasteiger partial charge in [0.2, 0.25) is 0 Å². The Hall–Kier alpha value is -0.280. The molecular weight excluding hydrogens is 279 g/mol. The van der Waals surface area contributed by atoms with E-state index in [0.29, 0.717) is 17.0 Å². The Morgan fingerprint density at radius 1 is 1.21 bits per heavy atom. The lowest BCUT2D eigenvalue weighted by Gasteiger charge is -2.24. The average Bonchev–Trinajstić information content (AvgIpc) is 2.25. The molecule has 0 saturated carbocycles. The van der Waals surface area contributed by atoms with Crippen LogP contribution >= 0.6 is 23.2 Å². The van der Waals surface area contributed by atoms with Crippen LogP contribution in [0, 0.1) is 5.92 Å².